The number of hydrogen-bond donors (Lipinski definition) is 1. The lowest BCUT2D eigenvalue weighted by atomic mass is 10.1. The van der Waals surface area contributed by atoms with Crippen LogP contribution in [0.4, 0.5) is 0 Å². The molecule has 1 aliphatic carbocycles. The van der Waals surface area contributed by atoms with Crippen LogP contribution in [0.3, 0.4) is 0 Å². The topological polar surface area (TPSA) is 54.0 Å². The number of methoxy groups -OCH3 is 1. The van der Waals surface area contributed by atoms with Crippen LogP contribution in [0.1, 0.15) is 24.0 Å². The van der Waals surface area contributed by atoms with Gasteiger partial charge in [0.1, 0.15) is 11.4 Å². The average molecular weight is 373 g/mol. The minimum absolute atomic E-state index is 0.0250. The highest BCUT2D eigenvalue weighted by atomic mass is 32.1. The molecule has 2 saturated heterocycles. The fraction of sp³-hybridized carbons (Fsp3) is 0.474. The number of amides is 1. The number of thiocarbonyl (C=S) groups is 1. The molecule has 0 atom stereocenters. The minimum Gasteiger partial charge on any atom is -0.496 e. The molecule has 3 fully saturated rings. The predicted octanol–water partition coefficient (Wildman–Crippen LogP) is 1.75. The monoisotopic (exact) mass is 373 g/mol. The molecule has 0 radical (unpaired) electrons. The second-order valence-electron chi connectivity index (χ2n) is 6.85. The summed E-state index contributed by atoms with van der Waals surface area (Å²) in [6.07, 6.45) is 3.94. The fourth-order valence-electron chi connectivity index (χ4n) is 3.39. The molecule has 6 nitrogen and oxygen atoms in total. The molecule has 1 amide bonds. The Kier molecular flexibility index (Phi) is 4.93. The van der Waals surface area contributed by atoms with Crippen LogP contribution in [0, 0.1) is 0 Å². The summed E-state index contributed by atoms with van der Waals surface area (Å²) in [5, 5.41) is 3.58. The molecule has 0 bridgehead atoms. The van der Waals surface area contributed by atoms with E-state index in [0.717, 1.165) is 62.6 Å². The normalized spacial score (nSPS) is 22.8. The van der Waals surface area contributed by atoms with Gasteiger partial charge in [0, 0.05) is 31.2 Å². The van der Waals surface area contributed by atoms with Gasteiger partial charge in [0.05, 0.1) is 20.3 Å². The van der Waals surface area contributed by atoms with E-state index >= 15 is 0 Å². The maximum atomic E-state index is 12.6. The number of rotatable bonds is 5. The largest absolute Gasteiger partial charge is 0.496 e. The van der Waals surface area contributed by atoms with E-state index in [1.807, 2.05) is 18.2 Å². The first-order valence-corrected chi connectivity index (χ1v) is 9.40. The molecule has 7 heteroatoms. The third kappa shape index (κ3) is 3.60. The summed E-state index contributed by atoms with van der Waals surface area (Å²) in [4.78, 5) is 16.6. The number of carbonyl (C=O) groups is 1. The Balaban J connectivity index is 1.55. The summed E-state index contributed by atoms with van der Waals surface area (Å²) in [6.45, 7) is 4.16. The summed E-state index contributed by atoms with van der Waals surface area (Å²) < 4.78 is 10.9. The Labute approximate surface area is 158 Å². The van der Waals surface area contributed by atoms with Gasteiger partial charge in [-0.3, -0.25) is 14.6 Å². The predicted molar refractivity (Wildman–Crippen MR) is 103 cm³/mol. The molecule has 4 rings (SSSR count). The van der Waals surface area contributed by atoms with E-state index in [1.165, 1.54) is 0 Å². The number of benzene rings is 1. The average Bonchev–Trinajstić information content (AvgIpc) is 3.43. The van der Waals surface area contributed by atoms with Gasteiger partial charge in [-0.2, -0.15) is 0 Å². The molecular weight excluding hydrogens is 350 g/mol. The van der Waals surface area contributed by atoms with Crippen LogP contribution in [0.2, 0.25) is 0 Å². The molecule has 1 aromatic carbocycles. The van der Waals surface area contributed by atoms with Gasteiger partial charge in [-0.05, 0) is 48.8 Å². The first-order chi connectivity index (χ1) is 12.7. The zero-order chi connectivity index (χ0) is 18.1. The van der Waals surface area contributed by atoms with E-state index < -0.39 is 0 Å². The van der Waals surface area contributed by atoms with Crippen molar-refractivity contribution in [3.05, 3.63) is 35.0 Å². The molecule has 0 spiro atoms. The third-order valence-corrected chi connectivity index (χ3v) is 5.23. The molecule has 26 heavy (non-hydrogen) atoms. The summed E-state index contributed by atoms with van der Waals surface area (Å²) >= 11 is 5.32. The first-order valence-electron chi connectivity index (χ1n) is 8.99. The van der Waals surface area contributed by atoms with Gasteiger partial charge >= 0.3 is 0 Å². The highest BCUT2D eigenvalue weighted by Crippen LogP contribution is 2.31. The summed E-state index contributed by atoms with van der Waals surface area (Å²) in [6, 6.07) is 6.28. The lowest BCUT2D eigenvalue weighted by Crippen LogP contribution is -2.35. The van der Waals surface area contributed by atoms with Crippen molar-refractivity contribution >= 4 is 29.3 Å². The van der Waals surface area contributed by atoms with E-state index in [4.69, 9.17) is 21.7 Å². The van der Waals surface area contributed by atoms with Gasteiger partial charge < -0.3 is 14.8 Å². The van der Waals surface area contributed by atoms with Crippen molar-refractivity contribution in [3.8, 4) is 5.75 Å². The highest BCUT2D eigenvalue weighted by molar-refractivity contribution is 7.80. The van der Waals surface area contributed by atoms with Crippen molar-refractivity contribution in [2.24, 2.45) is 0 Å². The number of ether oxygens (including phenoxy) is 2. The standard InChI is InChI=1S/C19H23N3O3S/c1-24-17-5-2-13(10-14(17)12-21-6-8-25-9-7-21)11-16-18(23)22(15-3-4-15)19(26)20-16/h2,5,10-11,15H,3-4,6-9,12H2,1H3,(H,20,26)/b16-11+. The molecular formula is C19H23N3O3S. The SMILES string of the molecule is COc1ccc(/C=C2/NC(=S)N(C3CC3)C2=O)cc1CN1CCOCC1. The quantitative estimate of drug-likeness (QED) is 0.627. The Morgan fingerprint density at radius 3 is 2.81 bits per heavy atom. The van der Waals surface area contributed by atoms with Crippen LogP contribution in [0.25, 0.3) is 6.08 Å². The van der Waals surface area contributed by atoms with Gasteiger partial charge in [0.15, 0.2) is 5.11 Å². The molecule has 138 valence electrons. The fourth-order valence-corrected chi connectivity index (χ4v) is 3.73. The molecule has 0 aromatic heterocycles. The van der Waals surface area contributed by atoms with Crippen molar-refractivity contribution in [1.82, 2.24) is 15.1 Å². The maximum absolute atomic E-state index is 12.6. The third-order valence-electron chi connectivity index (χ3n) is 4.93. The molecule has 2 heterocycles. The van der Waals surface area contributed by atoms with Crippen LogP contribution < -0.4 is 10.1 Å². The highest BCUT2D eigenvalue weighted by Gasteiger charge is 2.41. The van der Waals surface area contributed by atoms with E-state index in [9.17, 15) is 4.79 Å². The maximum Gasteiger partial charge on any atom is 0.276 e. The van der Waals surface area contributed by atoms with Gasteiger partial charge in [-0.15, -0.1) is 0 Å². The summed E-state index contributed by atoms with van der Waals surface area (Å²) in [7, 11) is 1.68. The van der Waals surface area contributed by atoms with Gasteiger partial charge in [0.2, 0.25) is 0 Å². The summed E-state index contributed by atoms with van der Waals surface area (Å²) in [5.41, 5.74) is 2.62. The van der Waals surface area contributed by atoms with E-state index in [0.29, 0.717) is 10.8 Å². The Morgan fingerprint density at radius 2 is 2.12 bits per heavy atom. The molecule has 3 aliphatic rings. The molecule has 2 aliphatic heterocycles. The van der Waals surface area contributed by atoms with Crippen LogP contribution in [-0.2, 0) is 16.1 Å². The zero-order valence-corrected chi connectivity index (χ0v) is 15.7. The zero-order valence-electron chi connectivity index (χ0n) is 14.9. The van der Waals surface area contributed by atoms with Crippen LogP contribution in [0.5, 0.6) is 5.75 Å². The lowest BCUT2D eigenvalue weighted by molar-refractivity contribution is -0.122. The Morgan fingerprint density at radius 1 is 1.35 bits per heavy atom. The molecule has 0 unspecified atom stereocenters. The van der Waals surface area contributed by atoms with Crippen LogP contribution >= 0.6 is 12.2 Å². The van der Waals surface area contributed by atoms with Gasteiger partial charge in [-0.1, -0.05) is 6.07 Å². The first kappa shape index (κ1) is 17.5. The number of nitrogens with one attached hydrogen (secondary N) is 1. The van der Waals surface area contributed by atoms with Crippen molar-refractivity contribution in [3.63, 3.8) is 0 Å². The lowest BCUT2D eigenvalue weighted by Gasteiger charge is -2.27. The van der Waals surface area contributed by atoms with Gasteiger partial charge in [-0.25, -0.2) is 0 Å². The number of hydrogen-bond acceptors (Lipinski definition) is 5. The number of morpholine rings is 1. The van der Waals surface area contributed by atoms with Crippen molar-refractivity contribution in [2.45, 2.75) is 25.4 Å². The van der Waals surface area contributed by atoms with Crippen molar-refractivity contribution in [2.75, 3.05) is 33.4 Å². The second kappa shape index (κ2) is 7.34. The van der Waals surface area contributed by atoms with E-state index in [-0.39, 0.29) is 11.9 Å². The number of carbonyl (C=O) groups excluding carboxylic acids is 1. The summed E-state index contributed by atoms with van der Waals surface area (Å²) in [5.74, 6) is 0.836. The second-order valence-corrected chi connectivity index (χ2v) is 7.24. The van der Waals surface area contributed by atoms with Crippen molar-refractivity contribution < 1.29 is 14.3 Å². The van der Waals surface area contributed by atoms with E-state index in [2.05, 4.69) is 16.3 Å². The van der Waals surface area contributed by atoms with Crippen LogP contribution in [-0.4, -0.2) is 60.3 Å². The number of nitrogens with zero attached hydrogens (tertiary/aromatic N) is 2. The molecule has 1 saturated carbocycles. The van der Waals surface area contributed by atoms with Crippen molar-refractivity contribution in [1.29, 1.82) is 0 Å². The Hall–Kier alpha value is -1.96. The van der Waals surface area contributed by atoms with Gasteiger partial charge in [0.25, 0.3) is 5.91 Å². The van der Waals surface area contributed by atoms with Crippen LogP contribution in [0.15, 0.2) is 23.9 Å². The smallest absolute Gasteiger partial charge is 0.276 e. The minimum atomic E-state index is -0.0250. The molecule has 1 N–H and O–H groups in total. The van der Waals surface area contributed by atoms with E-state index in [1.54, 1.807) is 12.0 Å². The molecule has 1 aromatic rings. The Bertz CT molecular complexity index is 754.